The highest BCUT2D eigenvalue weighted by molar-refractivity contribution is 5.83. The Bertz CT molecular complexity index is 746. The summed E-state index contributed by atoms with van der Waals surface area (Å²) in [6.45, 7) is 6.19. The Morgan fingerprint density at radius 3 is 2.54 bits per heavy atom. The number of hydrogen-bond acceptors (Lipinski definition) is 4. The molecule has 6 heteroatoms. The minimum absolute atomic E-state index is 0.192. The fourth-order valence-corrected chi connectivity index (χ4v) is 3.55. The molecule has 0 saturated carbocycles. The maximum atomic E-state index is 13.2. The van der Waals surface area contributed by atoms with Gasteiger partial charge in [-0.05, 0) is 26.6 Å². The van der Waals surface area contributed by atoms with Gasteiger partial charge in [0.25, 0.3) is 0 Å². The van der Waals surface area contributed by atoms with Crippen LogP contribution in [0.3, 0.4) is 0 Å². The van der Waals surface area contributed by atoms with E-state index < -0.39 is 0 Å². The monoisotopic (exact) mass is 355 g/mol. The number of nitrogens with zero attached hydrogens (tertiary/aromatic N) is 5. The smallest absolute Gasteiger partial charge is 0.244 e. The first-order valence-corrected chi connectivity index (χ1v) is 9.16. The number of hydrogen-bond donors (Lipinski definition) is 0. The minimum Gasteiger partial charge on any atom is -0.338 e. The van der Waals surface area contributed by atoms with Crippen LogP contribution in [0.4, 0.5) is 0 Å². The first-order valence-electron chi connectivity index (χ1n) is 9.16. The fourth-order valence-electron chi connectivity index (χ4n) is 3.55. The highest BCUT2D eigenvalue weighted by Gasteiger charge is 2.30. The molecule has 0 aliphatic carbocycles. The van der Waals surface area contributed by atoms with Crippen molar-refractivity contribution >= 4 is 5.91 Å². The molecule has 0 N–H and O–H groups in total. The quantitative estimate of drug-likeness (QED) is 0.819. The van der Waals surface area contributed by atoms with Crippen LogP contribution in [0.15, 0.2) is 36.7 Å². The van der Waals surface area contributed by atoms with Crippen LogP contribution in [0, 0.1) is 6.92 Å². The van der Waals surface area contributed by atoms with Gasteiger partial charge in [-0.3, -0.25) is 14.6 Å². The van der Waals surface area contributed by atoms with E-state index in [1.165, 1.54) is 5.56 Å². The van der Waals surface area contributed by atoms with Crippen LogP contribution in [-0.4, -0.2) is 70.4 Å². The van der Waals surface area contributed by atoms with Crippen molar-refractivity contribution in [1.82, 2.24) is 24.3 Å². The molecule has 1 aliphatic rings. The maximum Gasteiger partial charge on any atom is 0.244 e. The van der Waals surface area contributed by atoms with E-state index in [4.69, 9.17) is 0 Å². The van der Waals surface area contributed by atoms with Gasteiger partial charge in [-0.1, -0.05) is 29.8 Å². The molecular formula is C20H29N5O. The molecule has 1 unspecified atom stereocenters. The molecule has 1 aliphatic heterocycles. The van der Waals surface area contributed by atoms with E-state index >= 15 is 0 Å². The Kier molecular flexibility index (Phi) is 5.74. The number of rotatable bonds is 5. The van der Waals surface area contributed by atoms with Crippen LogP contribution < -0.4 is 0 Å². The standard InChI is InChI=1S/C20H29N5O/c1-16-6-5-7-17(14-16)19(22(2)3)20(26)25-12-10-24(11-13-25)15-18-21-8-9-23(18)4/h5-9,14,19H,10-13,15H2,1-4H3. The molecule has 0 spiro atoms. The molecule has 140 valence electrons. The molecule has 0 radical (unpaired) electrons. The Balaban J connectivity index is 1.63. The van der Waals surface area contributed by atoms with Gasteiger partial charge in [-0.15, -0.1) is 0 Å². The molecule has 1 fully saturated rings. The van der Waals surface area contributed by atoms with Gasteiger partial charge >= 0.3 is 0 Å². The van der Waals surface area contributed by atoms with Gasteiger partial charge in [0.05, 0.1) is 6.54 Å². The van der Waals surface area contributed by atoms with Gasteiger partial charge in [0.15, 0.2) is 0 Å². The zero-order valence-corrected chi connectivity index (χ0v) is 16.2. The van der Waals surface area contributed by atoms with Crippen LogP contribution in [0.5, 0.6) is 0 Å². The number of aromatic nitrogens is 2. The molecule has 1 aromatic heterocycles. The lowest BCUT2D eigenvalue weighted by Crippen LogP contribution is -2.51. The van der Waals surface area contributed by atoms with Crippen LogP contribution in [0.1, 0.15) is 23.0 Å². The lowest BCUT2D eigenvalue weighted by Gasteiger charge is -2.37. The maximum absolute atomic E-state index is 13.2. The van der Waals surface area contributed by atoms with Crippen molar-refractivity contribution < 1.29 is 4.79 Å². The second-order valence-electron chi connectivity index (χ2n) is 7.34. The van der Waals surface area contributed by atoms with Crippen molar-refractivity contribution in [2.45, 2.75) is 19.5 Å². The summed E-state index contributed by atoms with van der Waals surface area (Å²) < 4.78 is 2.05. The van der Waals surface area contributed by atoms with Crippen LogP contribution in [0.25, 0.3) is 0 Å². The van der Waals surface area contributed by atoms with E-state index in [1.807, 2.05) is 55.5 Å². The number of carbonyl (C=O) groups is 1. The summed E-state index contributed by atoms with van der Waals surface area (Å²) in [4.78, 5) is 24.0. The molecule has 1 amide bonds. The average Bonchev–Trinajstić information content (AvgIpc) is 3.00. The van der Waals surface area contributed by atoms with Gasteiger partial charge in [0.2, 0.25) is 5.91 Å². The van der Waals surface area contributed by atoms with E-state index in [9.17, 15) is 4.79 Å². The van der Waals surface area contributed by atoms with Crippen LogP contribution in [0.2, 0.25) is 0 Å². The van der Waals surface area contributed by atoms with Gasteiger partial charge in [-0.2, -0.15) is 0 Å². The Morgan fingerprint density at radius 2 is 1.96 bits per heavy atom. The number of piperazine rings is 1. The Labute approximate surface area is 156 Å². The van der Waals surface area contributed by atoms with Gasteiger partial charge in [-0.25, -0.2) is 4.98 Å². The molecular weight excluding hydrogens is 326 g/mol. The zero-order chi connectivity index (χ0) is 18.7. The zero-order valence-electron chi connectivity index (χ0n) is 16.2. The Hall–Kier alpha value is -2.18. The average molecular weight is 355 g/mol. The number of carbonyl (C=O) groups excluding carboxylic acids is 1. The first-order chi connectivity index (χ1) is 12.5. The summed E-state index contributed by atoms with van der Waals surface area (Å²) in [5.74, 6) is 1.26. The summed E-state index contributed by atoms with van der Waals surface area (Å²) in [6, 6.07) is 8.03. The summed E-state index contributed by atoms with van der Waals surface area (Å²) in [5.41, 5.74) is 2.25. The molecule has 0 bridgehead atoms. The summed E-state index contributed by atoms with van der Waals surface area (Å²) in [5, 5.41) is 0. The first kappa shape index (κ1) is 18.6. The van der Waals surface area contributed by atoms with E-state index in [0.29, 0.717) is 0 Å². The van der Waals surface area contributed by atoms with E-state index in [2.05, 4.69) is 33.5 Å². The molecule has 6 nitrogen and oxygen atoms in total. The highest BCUT2D eigenvalue weighted by Crippen LogP contribution is 2.23. The second kappa shape index (κ2) is 8.01. The predicted molar refractivity (Wildman–Crippen MR) is 103 cm³/mol. The number of likely N-dealkylation sites (N-methyl/N-ethyl adjacent to an activating group) is 1. The molecule has 1 atom stereocenters. The van der Waals surface area contributed by atoms with E-state index in [1.54, 1.807) is 0 Å². The molecule has 1 aromatic carbocycles. The van der Waals surface area contributed by atoms with Crippen molar-refractivity contribution in [2.24, 2.45) is 7.05 Å². The molecule has 3 rings (SSSR count). The van der Waals surface area contributed by atoms with Crippen molar-refractivity contribution in [2.75, 3.05) is 40.3 Å². The fraction of sp³-hybridized carbons (Fsp3) is 0.500. The third kappa shape index (κ3) is 4.14. The second-order valence-corrected chi connectivity index (χ2v) is 7.34. The van der Waals surface area contributed by atoms with E-state index in [0.717, 1.165) is 44.1 Å². The van der Waals surface area contributed by atoms with Crippen molar-refractivity contribution in [3.63, 3.8) is 0 Å². The van der Waals surface area contributed by atoms with Crippen LogP contribution in [-0.2, 0) is 18.4 Å². The highest BCUT2D eigenvalue weighted by atomic mass is 16.2. The Morgan fingerprint density at radius 1 is 1.23 bits per heavy atom. The normalized spacial score (nSPS) is 16.9. The van der Waals surface area contributed by atoms with E-state index in [-0.39, 0.29) is 11.9 Å². The molecule has 2 heterocycles. The predicted octanol–water partition coefficient (Wildman–Crippen LogP) is 1.68. The van der Waals surface area contributed by atoms with Crippen molar-refractivity contribution in [3.8, 4) is 0 Å². The molecule has 26 heavy (non-hydrogen) atoms. The van der Waals surface area contributed by atoms with Crippen molar-refractivity contribution in [3.05, 3.63) is 53.6 Å². The van der Waals surface area contributed by atoms with Gasteiger partial charge < -0.3 is 9.47 Å². The number of aryl methyl sites for hydroxylation is 2. The van der Waals surface area contributed by atoms with Gasteiger partial charge in [0, 0.05) is 45.6 Å². The topological polar surface area (TPSA) is 44.6 Å². The largest absolute Gasteiger partial charge is 0.338 e. The lowest BCUT2D eigenvalue weighted by molar-refractivity contribution is -0.138. The van der Waals surface area contributed by atoms with Crippen LogP contribution >= 0.6 is 0 Å². The number of benzene rings is 1. The third-order valence-corrected chi connectivity index (χ3v) is 5.08. The third-order valence-electron chi connectivity index (χ3n) is 5.08. The summed E-state index contributed by atoms with van der Waals surface area (Å²) in [7, 11) is 5.97. The van der Waals surface area contributed by atoms with Crippen molar-refractivity contribution in [1.29, 1.82) is 0 Å². The SMILES string of the molecule is Cc1cccc(C(C(=O)N2CCN(Cc3nccn3C)CC2)N(C)C)c1. The number of amides is 1. The number of imidazole rings is 1. The molecule has 1 saturated heterocycles. The molecule has 2 aromatic rings. The minimum atomic E-state index is -0.226. The lowest BCUT2D eigenvalue weighted by atomic mass is 10.0. The van der Waals surface area contributed by atoms with Gasteiger partial charge in [0.1, 0.15) is 11.9 Å². The summed E-state index contributed by atoms with van der Waals surface area (Å²) in [6.07, 6.45) is 3.80. The summed E-state index contributed by atoms with van der Waals surface area (Å²) >= 11 is 0.